The number of hydrogen-bond donors (Lipinski definition) is 1. The fourth-order valence-electron chi connectivity index (χ4n) is 3.36. The Morgan fingerprint density at radius 3 is 2.07 bits per heavy atom. The summed E-state index contributed by atoms with van der Waals surface area (Å²) in [5, 5.41) is 10.3. The third-order valence-electron chi connectivity index (χ3n) is 4.60. The summed E-state index contributed by atoms with van der Waals surface area (Å²) < 4.78 is 5.80. The molecule has 28 heavy (non-hydrogen) atoms. The van der Waals surface area contributed by atoms with Crippen molar-refractivity contribution in [3.63, 3.8) is 0 Å². The van der Waals surface area contributed by atoms with Gasteiger partial charge in [-0.05, 0) is 55.7 Å². The van der Waals surface area contributed by atoms with Gasteiger partial charge in [-0.15, -0.1) is 0 Å². The summed E-state index contributed by atoms with van der Waals surface area (Å²) in [5.74, 6) is 0.117. The molecule has 0 atom stereocenters. The van der Waals surface area contributed by atoms with Gasteiger partial charge in [0.1, 0.15) is 18.1 Å². The van der Waals surface area contributed by atoms with Crippen molar-refractivity contribution < 1.29 is 19.4 Å². The first-order valence-electron chi connectivity index (χ1n) is 9.04. The van der Waals surface area contributed by atoms with Gasteiger partial charge in [-0.25, -0.2) is 0 Å². The molecule has 142 valence electrons. The van der Waals surface area contributed by atoms with Crippen molar-refractivity contribution in [1.82, 2.24) is 0 Å². The summed E-state index contributed by atoms with van der Waals surface area (Å²) in [7, 11) is 0. The van der Waals surface area contributed by atoms with E-state index in [0.29, 0.717) is 34.6 Å². The number of aromatic hydroxyl groups is 1. The first-order chi connectivity index (χ1) is 13.4. The minimum Gasteiger partial charge on any atom is -0.507 e. The van der Waals surface area contributed by atoms with Gasteiger partial charge in [0.05, 0.1) is 5.56 Å². The van der Waals surface area contributed by atoms with Gasteiger partial charge in [0.25, 0.3) is 0 Å². The van der Waals surface area contributed by atoms with Crippen LogP contribution in [0, 0.1) is 6.92 Å². The highest BCUT2D eigenvalue weighted by atomic mass is 16.5. The van der Waals surface area contributed by atoms with Crippen LogP contribution in [-0.4, -0.2) is 16.7 Å². The van der Waals surface area contributed by atoms with Crippen molar-refractivity contribution >= 4 is 11.6 Å². The summed E-state index contributed by atoms with van der Waals surface area (Å²) in [5.41, 5.74) is 3.45. The van der Waals surface area contributed by atoms with Crippen LogP contribution in [0.2, 0.25) is 0 Å². The normalized spacial score (nSPS) is 10.5. The number of ketones is 2. The van der Waals surface area contributed by atoms with Crippen LogP contribution in [0.1, 0.15) is 45.7 Å². The number of hydrogen-bond acceptors (Lipinski definition) is 4. The molecule has 4 nitrogen and oxygen atoms in total. The molecule has 0 saturated carbocycles. The van der Waals surface area contributed by atoms with Crippen molar-refractivity contribution in [3.05, 3.63) is 82.9 Å². The number of carbonyl (C=O) groups excluding carboxylic acids is 2. The molecule has 1 N–H and O–H groups in total. The Labute approximate surface area is 164 Å². The molecular formula is C24H22O4. The van der Waals surface area contributed by atoms with E-state index in [0.717, 1.165) is 5.56 Å². The minimum absolute atomic E-state index is 0.116. The number of carbonyl (C=O) groups is 2. The van der Waals surface area contributed by atoms with Crippen molar-refractivity contribution in [2.24, 2.45) is 0 Å². The maximum atomic E-state index is 12.3. The molecule has 0 heterocycles. The van der Waals surface area contributed by atoms with Crippen molar-refractivity contribution in [1.29, 1.82) is 0 Å². The lowest BCUT2D eigenvalue weighted by Crippen LogP contribution is -2.07. The molecule has 0 saturated heterocycles. The van der Waals surface area contributed by atoms with E-state index in [9.17, 15) is 14.7 Å². The van der Waals surface area contributed by atoms with E-state index < -0.39 is 0 Å². The van der Waals surface area contributed by atoms with E-state index in [2.05, 4.69) is 0 Å². The zero-order valence-corrected chi connectivity index (χ0v) is 16.2. The summed E-state index contributed by atoms with van der Waals surface area (Å²) in [6.45, 7) is 5.04. The predicted molar refractivity (Wildman–Crippen MR) is 109 cm³/mol. The largest absolute Gasteiger partial charge is 0.507 e. The Balaban J connectivity index is 1.99. The Morgan fingerprint density at radius 1 is 0.893 bits per heavy atom. The topological polar surface area (TPSA) is 63.6 Å². The van der Waals surface area contributed by atoms with Crippen molar-refractivity contribution in [3.8, 4) is 22.6 Å². The zero-order chi connectivity index (χ0) is 20.3. The Kier molecular flexibility index (Phi) is 5.59. The molecule has 0 aliphatic rings. The second-order valence-corrected chi connectivity index (χ2v) is 6.75. The van der Waals surface area contributed by atoms with Gasteiger partial charge in [0.2, 0.25) is 0 Å². The van der Waals surface area contributed by atoms with E-state index in [1.165, 1.54) is 19.9 Å². The van der Waals surface area contributed by atoms with E-state index in [-0.39, 0.29) is 22.9 Å². The molecule has 0 radical (unpaired) electrons. The first kappa shape index (κ1) is 19.4. The fraction of sp³-hybridized carbons (Fsp3) is 0.167. The van der Waals surface area contributed by atoms with Gasteiger partial charge >= 0.3 is 0 Å². The number of rotatable bonds is 6. The molecule has 3 aromatic carbocycles. The Morgan fingerprint density at radius 2 is 1.50 bits per heavy atom. The van der Waals surface area contributed by atoms with Gasteiger partial charge < -0.3 is 9.84 Å². The summed E-state index contributed by atoms with van der Waals surface area (Å²) >= 11 is 0. The van der Waals surface area contributed by atoms with E-state index in [1.807, 2.05) is 30.3 Å². The number of phenols is 1. The van der Waals surface area contributed by atoms with Crippen LogP contribution in [0.4, 0.5) is 0 Å². The van der Waals surface area contributed by atoms with Crippen LogP contribution < -0.4 is 4.74 Å². The van der Waals surface area contributed by atoms with E-state index in [4.69, 9.17) is 4.74 Å². The van der Waals surface area contributed by atoms with Crippen LogP contribution in [-0.2, 0) is 6.61 Å². The molecule has 0 unspecified atom stereocenters. The SMILES string of the molecule is CC(=O)c1c(C)cc(O)c(C(C)=O)c1-c1ccc(OCc2ccccc2)cc1. The van der Waals surface area contributed by atoms with Crippen LogP contribution in [0.15, 0.2) is 60.7 Å². The van der Waals surface area contributed by atoms with Gasteiger partial charge in [-0.1, -0.05) is 42.5 Å². The van der Waals surface area contributed by atoms with E-state index >= 15 is 0 Å². The molecule has 4 heteroatoms. The third-order valence-corrected chi connectivity index (χ3v) is 4.60. The first-order valence-corrected chi connectivity index (χ1v) is 9.04. The molecule has 0 fully saturated rings. The van der Waals surface area contributed by atoms with Crippen LogP contribution in [0.3, 0.4) is 0 Å². The minimum atomic E-state index is -0.292. The maximum Gasteiger partial charge on any atom is 0.164 e. The number of benzene rings is 3. The smallest absolute Gasteiger partial charge is 0.164 e. The van der Waals surface area contributed by atoms with Crippen LogP contribution in [0.5, 0.6) is 11.5 Å². The highest BCUT2D eigenvalue weighted by molar-refractivity contribution is 6.11. The average Bonchev–Trinajstić information content (AvgIpc) is 2.66. The molecule has 0 amide bonds. The molecule has 3 rings (SSSR count). The molecular weight excluding hydrogens is 352 g/mol. The monoisotopic (exact) mass is 374 g/mol. The number of Topliss-reactive ketones (excluding diaryl/α,β-unsaturated/α-hetero) is 2. The third kappa shape index (κ3) is 3.96. The highest BCUT2D eigenvalue weighted by Crippen LogP contribution is 2.37. The van der Waals surface area contributed by atoms with Crippen molar-refractivity contribution in [2.75, 3.05) is 0 Å². The standard InChI is InChI=1S/C24H22O4/c1-15-13-21(27)23(17(3)26)24(22(15)16(2)25)19-9-11-20(12-10-19)28-14-18-7-5-4-6-8-18/h4-13,27H,14H2,1-3H3. The summed E-state index contributed by atoms with van der Waals surface area (Å²) in [6.07, 6.45) is 0. The lowest BCUT2D eigenvalue weighted by Gasteiger charge is -2.17. The zero-order valence-electron chi connectivity index (χ0n) is 16.2. The van der Waals surface area contributed by atoms with Crippen LogP contribution >= 0.6 is 0 Å². The van der Waals surface area contributed by atoms with Crippen molar-refractivity contribution in [2.45, 2.75) is 27.4 Å². The van der Waals surface area contributed by atoms with Gasteiger partial charge in [0.15, 0.2) is 11.6 Å². The molecule has 3 aromatic rings. The number of ether oxygens (including phenoxy) is 1. The number of aryl methyl sites for hydroxylation is 1. The summed E-state index contributed by atoms with van der Waals surface area (Å²) in [6, 6.07) is 18.5. The fourth-order valence-corrected chi connectivity index (χ4v) is 3.36. The lowest BCUT2D eigenvalue weighted by molar-refractivity contribution is 0.101. The average molecular weight is 374 g/mol. The second-order valence-electron chi connectivity index (χ2n) is 6.75. The quantitative estimate of drug-likeness (QED) is 0.591. The predicted octanol–water partition coefficient (Wildman–Crippen LogP) is 5.35. The van der Waals surface area contributed by atoms with E-state index in [1.54, 1.807) is 31.2 Å². The van der Waals surface area contributed by atoms with Crippen LogP contribution in [0.25, 0.3) is 11.1 Å². The Hall–Kier alpha value is -3.40. The second kappa shape index (κ2) is 8.09. The molecule has 0 bridgehead atoms. The van der Waals surface area contributed by atoms with Gasteiger partial charge in [-0.3, -0.25) is 9.59 Å². The highest BCUT2D eigenvalue weighted by Gasteiger charge is 2.22. The maximum absolute atomic E-state index is 12.3. The van der Waals surface area contributed by atoms with Gasteiger partial charge in [0, 0.05) is 11.1 Å². The number of phenolic OH excluding ortho intramolecular Hbond substituents is 1. The van der Waals surface area contributed by atoms with Gasteiger partial charge in [-0.2, -0.15) is 0 Å². The Bertz CT molecular complexity index is 980. The summed E-state index contributed by atoms with van der Waals surface area (Å²) in [4.78, 5) is 24.4. The molecule has 0 spiro atoms. The molecule has 0 aromatic heterocycles. The lowest BCUT2D eigenvalue weighted by atomic mass is 9.87. The molecule has 0 aliphatic carbocycles. The molecule has 0 aliphatic heterocycles.